The summed E-state index contributed by atoms with van der Waals surface area (Å²) in [5.74, 6) is 0.252. The monoisotopic (exact) mass is 1480 g/mol. The SMILES string of the molecule is CCCCCCCCCCCCCCCC(=O)OC[C@H](COP(=O)(O)OC[C@H](O)COP(=O)(O)OC[C@@H](COC(=O)CCCCCCCCCCCCCCCCC(C)C)OC(=O)CCCCCCCCCCCCCCCCC(C)C)OC(=O)CCCCCCCCCCCCCC(C)C. The van der Waals surface area contributed by atoms with Crippen LogP contribution in [0.5, 0.6) is 0 Å². The van der Waals surface area contributed by atoms with Gasteiger partial charge >= 0.3 is 39.5 Å². The molecule has 19 heteroatoms. The topological polar surface area (TPSA) is 237 Å². The molecule has 0 aromatic rings. The first-order valence-corrected chi connectivity index (χ1v) is 45.3. The number of hydrogen-bond acceptors (Lipinski definition) is 15. The number of carbonyl (C=O) groups is 4. The highest BCUT2D eigenvalue weighted by Crippen LogP contribution is 2.45. The largest absolute Gasteiger partial charge is 0.472 e. The van der Waals surface area contributed by atoms with Crippen LogP contribution in [0.15, 0.2) is 0 Å². The van der Waals surface area contributed by atoms with Crippen molar-refractivity contribution in [3.8, 4) is 0 Å². The maximum Gasteiger partial charge on any atom is 0.472 e. The molecule has 3 N–H and O–H groups in total. The summed E-state index contributed by atoms with van der Waals surface area (Å²) < 4.78 is 68.8. The lowest BCUT2D eigenvalue weighted by Gasteiger charge is -2.21. The molecule has 0 aliphatic rings. The van der Waals surface area contributed by atoms with Crippen molar-refractivity contribution in [2.75, 3.05) is 39.6 Å². The van der Waals surface area contributed by atoms with Gasteiger partial charge in [0.2, 0.25) is 0 Å². The maximum absolute atomic E-state index is 13.1. The van der Waals surface area contributed by atoms with E-state index in [4.69, 9.17) is 37.0 Å². The fraction of sp³-hybridized carbons (Fsp3) is 0.951. The van der Waals surface area contributed by atoms with E-state index in [9.17, 15) is 43.2 Å². The number of hydrogen-bond donors (Lipinski definition) is 3. The molecular weight excluding hydrogens is 1320 g/mol. The van der Waals surface area contributed by atoms with Crippen LogP contribution in [-0.2, 0) is 65.4 Å². The van der Waals surface area contributed by atoms with Crippen molar-refractivity contribution in [3.05, 3.63) is 0 Å². The van der Waals surface area contributed by atoms with Crippen molar-refractivity contribution in [1.29, 1.82) is 0 Å². The van der Waals surface area contributed by atoms with E-state index in [1.807, 2.05) is 0 Å². The zero-order valence-corrected chi connectivity index (χ0v) is 68.2. The van der Waals surface area contributed by atoms with Gasteiger partial charge in [-0.15, -0.1) is 0 Å². The first-order valence-electron chi connectivity index (χ1n) is 42.3. The van der Waals surface area contributed by atoms with E-state index >= 15 is 0 Å². The Hall–Kier alpha value is -1.94. The summed E-state index contributed by atoms with van der Waals surface area (Å²) >= 11 is 0. The number of phosphoric acid groups is 2. The van der Waals surface area contributed by atoms with Gasteiger partial charge in [-0.3, -0.25) is 37.3 Å². The van der Waals surface area contributed by atoms with E-state index < -0.39 is 97.5 Å². The third-order valence-electron chi connectivity index (χ3n) is 19.1. The van der Waals surface area contributed by atoms with Crippen molar-refractivity contribution in [3.63, 3.8) is 0 Å². The Balaban J connectivity index is 5.27. The van der Waals surface area contributed by atoms with E-state index in [2.05, 4.69) is 48.5 Å². The molecule has 0 aromatic heterocycles. The Morgan fingerprint density at radius 3 is 0.673 bits per heavy atom. The first-order chi connectivity index (χ1) is 48.7. The second kappa shape index (κ2) is 72.3. The van der Waals surface area contributed by atoms with Gasteiger partial charge in [0.1, 0.15) is 19.3 Å². The van der Waals surface area contributed by atoms with Gasteiger partial charge in [-0.2, -0.15) is 0 Å². The summed E-state index contributed by atoms with van der Waals surface area (Å²) in [4.78, 5) is 73.1. The van der Waals surface area contributed by atoms with Crippen molar-refractivity contribution < 1.29 is 80.2 Å². The molecule has 0 aliphatic heterocycles. The number of ether oxygens (including phenoxy) is 4. The highest BCUT2D eigenvalue weighted by Gasteiger charge is 2.30. The molecule has 0 saturated heterocycles. The molecule has 0 saturated carbocycles. The second-order valence-electron chi connectivity index (χ2n) is 30.9. The standard InChI is InChI=1S/C82H160O17P2/c1-8-9-10-11-12-13-14-19-28-35-42-49-56-63-79(84)92-70-78(99-82(87)66-59-52-45-38-31-24-27-34-41-48-55-62-75(6)7)72-97-101(90,91)95-68-76(83)67-94-100(88,89)96-71-77(98-81(86)65-58-51-44-37-30-23-18-16-21-26-33-40-47-54-61-74(4)5)69-93-80(85)64-57-50-43-36-29-22-17-15-20-25-32-39-46-53-60-73(2)3/h73-78,83H,8-72H2,1-7H3,(H,88,89)(H,90,91)/t76-,77-,78-/m1/s1. The molecule has 0 spiro atoms. The lowest BCUT2D eigenvalue weighted by molar-refractivity contribution is -0.161. The number of esters is 4. The van der Waals surface area contributed by atoms with Crippen molar-refractivity contribution >= 4 is 39.5 Å². The zero-order chi connectivity index (χ0) is 74.4. The molecule has 5 atom stereocenters. The third kappa shape index (κ3) is 76.1. The van der Waals surface area contributed by atoms with Crippen LogP contribution in [-0.4, -0.2) is 96.7 Å². The van der Waals surface area contributed by atoms with Crippen LogP contribution in [0.4, 0.5) is 0 Å². The van der Waals surface area contributed by atoms with Gasteiger partial charge in [-0.1, -0.05) is 376 Å². The minimum atomic E-state index is -4.96. The van der Waals surface area contributed by atoms with Gasteiger partial charge in [0.25, 0.3) is 0 Å². The number of rotatable bonds is 80. The molecule has 101 heavy (non-hydrogen) atoms. The van der Waals surface area contributed by atoms with Crippen LogP contribution in [0.2, 0.25) is 0 Å². The zero-order valence-electron chi connectivity index (χ0n) is 66.4. The molecule has 0 bridgehead atoms. The van der Waals surface area contributed by atoms with Crippen LogP contribution in [0.25, 0.3) is 0 Å². The molecule has 0 aliphatic carbocycles. The van der Waals surface area contributed by atoms with E-state index in [0.29, 0.717) is 25.7 Å². The third-order valence-corrected chi connectivity index (χ3v) is 21.0. The van der Waals surface area contributed by atoms with E-state index in [0.717, 1.165) is 108 Å². The molecule has 0 aromatic carbocycles. The fourth-order valence-electron chi connectivity index (χ4n) is 12.7. The van der Waals surface area contributed by atoms with Gasteiger partial charge in [-0.25, -0.2) is 9.13 Å². The molecule has 2 unspecified atom stereocenters. The summed E-state index contributed by atoms with van der Waals surface area (Å²) in [6.45, 7) is 12.0. The van der Waals surface area contributed by atoms with Crippen molar-refractivity contribution in [2.45, 2.75) is 446 Å². The molecular formula is C82H160O17P2. The Morgan fingerprint density at radius 1 is 0.267 bits per heavy atom. The average Bonchev–Trinajstić information content (AvgIpc) is 1.71. The lowest BCUT2D eigenvalue weighted by Crippen LogP contribution is -2.30. The first kappa shape index (κ1) is 99.1. The summed E-state index contributed by atoms with van der Waals surface area (Å²) in [7, 11) is -9.92. The minimum Gasteiger partial charge on any atom is -0.462 e. The van der Waals surface area contributed by atoms with Crippen LogP contribution >= 0.6 is 15.6 Å². The van der Waals surface area contributed by atoms with E-state index in [1.54, 1.807) is 0 Å². The Labute approximate surface area is 619 Å². The van der Waals surface area contributed by atoms with Crippen molar-refractivity contribution in [1.82, 2.24) is 0 Å². The normalized spacial score (nSPS) is 14.0. The Morgan fingerprint density at radius 2 is 0.455 bits per heavy atom. The highest BCUT2D eigenvalue weighted by molar-refractivity contribution is 7.47. The van der Waals surface area contributed by atoms with Crippen LogP contribution in [0.1, 0.15) is 427 Å². The lowest BCUT2D eigenvalue weighted by atomic mass is 10.0. The van der Waals surface area contributed by atoms with Crippen LogP contribution < -0.4 is 0 Å². The second-order valence-corrected chi connectivity index (χ2v) is 33.8. The molecule has 0 rings (SSSR count). The molecule has 0 heterocycles. The molecule has 0 radical (unpaired) electrons. The number of unbranched alkanes of at least 4 members (excludes halogenated alkanes) is 48. The van der Waals surface area contributed by atoms with Crippen molar-refractivity contribution in [2.24, 2.45) is 17.8 Å². The highest BCUT2D eigenvalue weighted by atomic mass is 31.2. The van der Waals surface area contributed by atoms with E-state index in [1.165, 1.54) is 238 Å². The van der Waals surface area contributed by atoms with Gasteiger partial charge in [0.15, 0.2) is 12.2 Å². The molecule has 600 valence electrons. The average molecular weight is 1480 g/mol. The fourth-order valence-corrected chi connectivity index (χ4v) is 14.2. The summed E-state index contributed by atoms with van der Waals surface area (Å²) in [5.41, 5.74) is 0. The minimum absolute atomic E-state index is 0.107. The summed E-state index contributed by atoms with van der Waals surface area (Å²) in [5, 5.41) is 10.7. The maximum atomic E-state index is 13.1. The predicted molar refractivity (Wildman–Crippen MR) is 414 cm³/mol. The van der Waals surface area contributed by atoms with Crippen LogP contribution in [0, 0.1) is 17.8 Å². The van der Waals surface area contributed by atoms with Gasteiger partial charge in [0, 0.05) is 25.7 Å². The number of carbonyl (C=O) groups excluding carboxylic acids is 4. The van der Waals surface area contributed by atoms with Gasteiger partial charge < -0.3 is 33.8 Å². The molecule has 0 amide bonds. The Kier molecular flexibility index (Phi) is 70.9. The Bertz CT molecular complexity index is 1960. The smallest absolute Gasteiger partial charge is 0.462 e. The summed E-state index contributed by atoms with van der Waals surface area (Å²) in [6, 6.07) is 0. The number of aliphatic hydroxyl groups excluding tert-OH is 1. The predicted octanol–water partition coefficient (Wildman–Crippen LogP) is 24.5. The van der Waals surface area contributed by atoms with Crippen LogP contribution in [0.3, 0.4) is 0 Å². The summed E-state index contributed by atoms with van der Waals surface area (Å²) in [6.07, 6.45) is 60.9. The molecule has 0 fully saturated rings. The quantitative estimate of drug-likeness (QED) is 0.0222. The van der Waals surface area contributed by atoms with E-state index in [-0.39, 0.29) is 25.7 Å². The van der Waals surface area contributed by atoms with Gasteiger partial charge in [-0.05, 0) is 43.4 Å². The number of aliphatic hydroxyl groups is 1. The molecule has 17 nitrogen and oxygen atoms in total. The number of phosphoric ester groups is 2. The van der Waals surface area contributed by atoms with Gasteiger partial charge in [0.05, 0.1) is 26.4 Å².